The van der Waals surface area contributed by atoms with Crippen molar-refractivity contribution in [3.63, 3.8) is 0 Å². The van der Waals surface area contributed by atoms with Crippen molar-refractivity contribution in [2.45, 2.75) is 32.6 Å². The first kappa shape index (κ1) is 21.0. The van der Waals surface area contributed by atoms with E-state index in [1.54, 1.807) is 12.1 Å². The number of rotatable bonds is 9. The number of nitrogens with one attached hydrogen (secondary N) is 1. The van der Waals surface area contributed by atoms with Crippen molar-refractivity contribution >= 4 is 17.6 Å². The average molecular weight is 380 g/mol. The molecule has 0 saturated carbocycles. The minimum atomic E-state index is -0.202. The van der Waals surface area contributed by atoms with E-state index in [1.807, 2.05) is 30.3 Å². The van der Waals surface area contributed by atoms with Crippen LogP contribution in [0.4, 0.5) is 5.69 Å². The molecule has 2 aromatic rings. The molecule has 1 N–H and O–H groups in total. The summed E-state index contributed by atoms with van der Waals surface area (Å²) < 4.78 is 10.4. The maximum atomic E-state index is 11.6. The first-order valence-electron chi connectivity index (χ1n) is 9.15. The van der Waals surface area contributed by atoms with Crippen molar-refractivity contribution < 1.29 is 19.1 Å². The highest BCUT2D eigenvalue weighted by molar-refractivity contribution is 5.91. The maximum absolute atomic E-state index is 11.6. The van der Waals surface area contributed by atoms with Crippen molar-refractivity contribution in [3.05, 3.63) is 48.0 Å². The van der Waals surface area contributed by atoms with Gasteiger partial charge in [0.2, 0.25) is 5.91 Å². The third-order valence-electron chi connectivity index (χ3n) is 4.15. The van der Waals surface area contributed by atoms with Gasteiger partial charge in [0, 0.05) is 13.3 Å². The molecular formula is C22H24N2O4. The highest BCUT2D eigenvalue weighted by Gasteiger charge is 2.09. The number of hydrogen-bond donors (Lipinski definition) is 1. The van der Waals surface area contributed by atoms with Gasteiger partial charge in [-0.1, -0.05) is 18.2 Å². The summed E-state index contributed by atoms with van der Waals surface area (Å²) in [7, 11) is 1.39. The van der Waals surface area contributed by atoms with Gasteiger partial charge in [0.15, 0.2) is 0 Å². The summed E-state index contributed by atoms with van der Waals surface area (Å²) in [5.41, 5.74) is 3.06. The van der Waals surface area contributed by atoms with Gasteiger partial charge in [-0.2, -0.15) is 5.26 Å². The molecule has 0 fully saturated rings. The van der Waals surface area contributed by atoms with Crippen LogP contribution >= 0.6 is 0 Å². The molecule has 0 spiro atoms. The van der Waals surface area contributed by atoms with Crippen LogP contribution in [0.25, 0.3) is 11.1 Å². The van der Waals surface area contributed by atoms with Crippen LogP contribution in [0.1, 0.15) is 38.2 Å². The molecule has 6 heteroatoms. The quantitative estimate of drug-likeness (QED) is 0.518. The smallest absolute Gasteiger partial charge is 0.305 e. The number of esters is 1. The lowest BCUT2D eigenvalue weighted by molar-refractivity contribution is -0.140. The number of methoxy groups -OCH3 is 1. The Morgan fingerprint density at radius 3 is 2.39 bits per heavy atom. The summed E-state index contributed by atoms with van der Waals surface area (Å²) in [4.78, 5) is 22.6. The molecule has 2 rings (SSSR count). The van der Waals surface area contributed by atoms with Crippen LogP contribution in [0, 0.1) is 11.3 Å². The number of ether oxygens (including phenoxy) is 2. The van der Waals surface area contributed by atoms with Crippen LogP contribution in [0.2, 0.25) is 0 Å². The van der Waals surface area contributed by atoms with Gasteiger partial charge in [0.05, 0.1) is 31.0 Å². The molecule has 0 atom stereocenters. The Morgan fingerprint density at radius 1 is 1.04 bits per heavy atom. The highest BCUT2D eigenvalue weighted by Crippen LogP contribution is 2.31. The van der Waals surface area contributed by atoms with E-state index >= 15 is 0 Å². The fourth-order valence-corrected chi connectivity index (χ4v) is 2.69. The zero-order valence-electron chi connectivity index (χ0n) is 16.2. The van der Waals surface area contributed by atoms with E-state index in [4.69, 9.17) is 10.00 Å². The third kappa shape index (κ3) is 6.44. The van der Waals surface area contributed by atoms with Crippen molar-refractivity contribution in [1.29, 1.82) is 5.26 Å². The van der Waals surface area contributed by atoms with Crippen LogP contribution in [0.5, 0.6) is 5.75 Å². The van der Waals surface area contributed by atoms with E-state index in [1.165, 1.54) is 14.0 Å². The van der Waals surface area contributed by atoms with Gasteiger partial charge in [-0.05, 0) is 54.7 Å². The Morgan fingerprint density at radius 2 is 1.75 bits per heavy atom. The molecule has 0 aliphatic carbocycles. The van der Waals surface area contributed by atoms with E-state index in [0.29, 0.717) is 30.0 Å². The van der Waals surface area contributed by atoms with Crippen LogP contribution < -0.4 is 10.1 Å². The zero-order valence-corrected chi connectivity index (χ0v) is 16.2. The van der Waals surface area contributed by atoms with Crippen LogP contribution in [-0.4, -0.2) is 25.6 Å². The van der Waals surface area contributed by atoms with Crippen molar-refractivity contribution in [2.24, 2.45) is 0 Å². The fraction of sp³-hybridized carbons (Fsp3) is 0.318. The molecule has 146 valence electrons. The van der Waals surface area contributed by atoms with E-state index in [0.717, 1.165) is 30.4 Å². The average Bonchev–Trinajstić information content (AvgIpc) is 2.70. The van der Waals surface area contributed by atoms with Gasteiger partial charge in [0.25, 0.3) is 0 Å². The number of hydrogen-bond acceptors (Lipinski definition) is 5. The van der Waals surface area contributed by atoms with Gasteiger partial charge in [-0.3, -0.25) is 9.59 Å². The normalized spacial score (nSPS) is 10.0. The summed E-state index contributed by atoms with van der Waals surface area (Å²) in [6, 6.07) is 14.9. The monoisotopic (exact) mass is 380 g/mol. The lowest BCUT2D eigenvalue weighted by atomic mass is 10.0. The van der Waals surface area contributed by atoms with Crippen molar-refractivity contribution in [2.75, 3.05) is 19.0 Å². The standard InChI is InChI=1S/C22H24N2O4/c1-16(25)24-20-14-19(18-9-7-17(15-23)8-10-18)11-12-21(20)28-13-5-3-4-6-22(26)27-2/h7-12,14H,3-6,13H2,1-2H3,(H,24,25). The summed E-state index contributed by atoms with van der Waals surface area (Å²) in [5.74, 6) is 0.215. The molecule has 1 amide bonds. The van der Waals surface area contributed by atoms with Gasteiger partial charge in [-0.15, -0.1) is 0 Å². The summed E-state index contributed by atoms with van der Waals surface area (Å²) in [6.45, 7) is 1.94. The largest absolute Gasteiger partial charge is 0.491 e. The number of carbonyl (C=O) groups is 2. The second-order valence-electron chi connectivity index (χ2n) is 6.32. The number of benzene rings is 2. The number of carbonyl (C=O) groups excluding carboxylic acids is 2. The van der Waals surface area contributed by atoms with E-state index in [9.17, 15) is 9.59 Å². The molecule has 28 heavy (non-hydrogen) atoms. The molecule has 0 heterocycles. The number of unbranched alkanes of at least 4 members (excludes halogenated alkanes) is 2. The Kier molecular flexibility index (Phi) is 8.04. The van der Waals surface area contributed by atoms with E-state index in [2.05, 4.69) is 16.1 Å². The molecule has 0 aliphatic heterocycles. The zero-order chi connectivity index (χ0) is 20.4. The fourth-order valence-electron chi connectivity index (χ4n) is 2.69. The minimum Gasteiger partial charge on any atom is -0.491 e. The molecule has 6 nitrogen and oxygen atoms in total. The van der Waals surface area contributed by atoms with Gasteiger partial charge >= 0.3 is 5.97 Å². The lowest BCUT2D eigenvalue weighted by Gasteiger charge is -2.14. The Hall–Kier alpha value is -3.33. The van der Waals surface area contributed by atoms with E-state index in [-0.39, 0.29) is 11.9 Å². The number of amides is 1. The minimum absolute atomic E-state index is 0.181. The molecule has 0 aromatic heterocycles. The molecule has 0 bridgehead atoms. The Balaban J connectivity index is 2.02. The first-order valence-corrected chi connectivity index (χ1v) is 9.15. The van der Waals surface area contributed by atoms with Crippen LogP contribution in [0.3, 0.4) is 0 Å². The second kappa shape index (κ2) is 10.7. The molecule has 0 unspecified atom stereocenters. The maximum Gasteiger partial charge on any atom is 0.305 e. The Bertz CT molecular complexity index is 854. The SMILES string of the molecule is COC(=O)CCCCCOc1ccc(-c2ccc(C#N)cc2)cc1NC(C)=O. The van der Waals surface area contributed by atoms with Gasteiger partial charge in [0.1, 0.15) is 5.75 Å². The molecular weight excluding hydrogens is 356 g/mol. The summed E-state index contributed by atoms with van der Waals surface area (Å²) >= 11 is 0. The molecule has 0 saturated heterocycles. The Labute approximate surface area is 165 Å². The van der Waals surface area contributed by atoms with Crippen molar-refractivity contribution in [3.8, 4) is 22.9 Å². The third-order valence-corrected chi connectivity index (χ3v) is 4.15. The van der Waals surface area contributed by atoms with Gasteiger partial charge < -0.3 is 14.8 Å². The molecule has 0 radical (unpaired) electrons. The first-order chi connectivity index (χ1) is 13.5. The number of anilines is 1. The predicted octanol–water partition coefficient (Wildman–Crippen LogP) is 4.30. The van der Waals surface area contributed by atoms with Crippen molar-refractivity contribution in [1.82, 2.24) is 0 Å². The van der Waals surface area contributed by atoms with Crippen LogP contribution in [-0.2, 0) is 14.3 Å². The van der Waals surface area contributed by atoms with E-state index < -0.39 is 0 Å². The highest BCUT2D eigenvalue weighted by atomic mass is 16.5. The summed E-state index contributed by atoms with van der Waals surface area (Å²) in [5, 5.41) is 11.7. The topological polar surface area (TPSA) is 88.4 Å². The predicted molar refractivity (Wildman–Crippen MR) is 107 cm³/mol. The molecule has 0 aliphatic rings. The number of nitrogens with zero attached hydrogens (tertiary/aromatic N) is 1. The molecule has 2 aromatic carbocycles. The van der Waals surface area contributed by atoms with Crippen LogP contribution in [0.15, 0.2) is 42.5 Å². The second-order valence-corrected chi connectivity index (χ2v) is 6.32. The number of nitriles is 1. The lowest BCUT2D eigenvalue weighted by Crippen LogP contribution is -2.08. The summed E-state index contributed by atoms with van der Waals surface area (Å²) in [6.07, 6.45) is 2.82. The van der Waals surface area contributed by atoms with Gasteiger partial charge in [-0.25, -0.2) is 0 Å².